The summed E-state index contributed by atoms with van der Waals surface area (Å²) < 4.78 is 0. The van der Waals surface area contributed by atoms with Crippen LogP contribution in [-0.2, 0) is 6.42 Å². The number of carbonyl (C=O) groups is 1. The first-order chi connectivity index (χ1) is 8.66. The van der Waals surface area contributed by atoms with Gasteiger partial charge in [0.2, 0.25) is 0 Å². The first-order valence-electron chi connectivity index (χ1n) is 5.39. The number of nitrogen functional groups attached to an aromatic ring is 1. The molecule has 0 unspecified atom stereocenters. The fourth-order valence-electron chi connectivity index (χ4n) is 1.48. The number of amides is 1. The normalized spacial score (nSPS) is 10.3. The van der Waals surface area contributed by atoms with Crippen molar-refractivity contribution in [2.24, 2.45) is 0 Å². The lowest BCUT2D eigenvalue weighted by molar-refractivity contribution is 0.0954. The van der Waals surface area contributed by atoms with Crippen LogP contribution in [0.3, 0.4) is 0 Å². The molecule has 4 nitrogen and oxygen atoms in total. The minimum atomic E-state index is -0.177. The molecule has 0 saturated heterocycles. The van der Waals surface area contributed by atoms with Crippen molar-refractivity contribution in [3.8, 4) is 0 Å². The van der Waals surface area contributed by atoms with Crippen LogP contribution in [-0.4, -0.2) is 17.4 Å². The van der Waals surface area contributed by atoms with Gasteiger partial charge in [0, 0.05) is 18.3 Å². The van der Waals surface area contributed by atoms with Crippen LogP contribution in [0.2, 0.25) is 5.02 Å². The molecule has 0 spiro atoms. The molecule has 0 aliphatic rings. The second-order valence-electron chi connectivity index (χ2n) is 3.66. The number of rotatable bonds is 4. The van der Waals surface area contributed by atoms with Crippen molar-refractivity contribution in [1.82, 2.24) is 10.3 Å². The molecule has 0 bridgehead atoms. The SMILES string of the molecule is Nc1nc(CCNC(=O)c2ccccc2Cl)cs1. The summed E-state index contributed by atoms with van der Waals surface area (Å²) in [5, 5.41) is 5.68. The van der Waals surface area contributed by atoms with E-state index in [0.717, 1.165) is 5.69 Å². The zero-order valence-electron chi connectivity index (χ0n) is 9.52. The number of anilines is 1. The topological polar surface area (TPSA) is 68.0 Å². The summed E-state index contributed by atoms with van der Waals surface area (Å²) in [5.74, 6) is -0.177. The summed E-state index contributed by atoms with van der Waals surface area (Å²) in [7, 11) is 0. The average molecular weight is 282 g/mol. The van der Waals surface area contributed by atoms with Gasteiger partial charge in [-0.05, 0) is 12.1 Å². The standard InChI is InChI=1S/C12H12ClN3OS/c13-10-4-2-1-3-9(10)11(17)15-6-5-8-7-18-12(14)16-8/h1-4,7H,5-6H2,(H2,14,16)(H,15,17). The second-order valence-corrected chi connectivity index (χ2v) is 4.96. The van der Waals surface area contributed by atoms with Gasteiger partial charge in [-0.3, -0.25) is 4.79 Å². The lowest BCUT2D eigenvalue weighted by Crippen LogP contribution is -2.26. The van der Waals surface area contributed by atoms with E-state index in [1.54, 1.807) is 24.3 Å². The summed E-state index contributed by atoms with van der Waals surface area (Å²) in [4.78, 5) is 15.9. The predicted octanol–water partition coefficient (Wildman–Crippen LogP) is 2.35. The van der Waals surface area contributed by atoms with E-state index >= 15 is 0 Å². The minimum Gasteiger partial charge on any atom is -0.375 e. The van der Waals surface area contributed by atoms with Crippen LogP contribution in [0.25, 0.3) is 0 Å². The molecule has 94 valence electrons. The Morgan fingerprint density at radius 2 is 2.22 bits per heavy atom. The lowest BCUT2D eigenvalue weighted by Gasteiger charge is -2.05. The number of nitrogens with one attached hydrogen (secondary N) is 1. The first-order valence-corrected chi connectivity index (χ1v) is 6.65. The number of carbonyl (C=O) groups excluding carboxylic acids is 1. The fraction of sp³-hybridized carbons (Fsp3) is 0.167. The van der Waals surface area contributed by atoms with Crippen molar-refractivity contribution in [3.63, 3.8) is 0 Å². The van der Waals surface area contributed by atoms with Crippen molar-refractivity contribution in [2.45, 2.75) is 6.42 Å². The van der Waals surface area contributed by atoms with E-state index < -0.39 is 0 Å². The van der Waals surface area contributed by atoms with E-state index in [4.69, 9.17) is 17.3 Å². The number of nitrogens with two attached hydrogens (primary N) is 1. The van der Waals surface area contributed by atoms with Crippen molar-refractivity contribution < 1.29 is 4.79 Å². The molecule has 0 atom stereocenters. The molecule has 1 aromatic carbocycles. The summed E-state index contributed by atoms with van der Waals surface area (Å²) in [6, 6.07) is 6.95. The minimum absolute atomic E-state index is 0.177. The highest BCUT2D eigenvalue weighted by Crippen LogP contribution is 2.14. The predicted molar refractivity (Wildman–Crippen MR) is 74.0 cm³/mol. The lowest BCUT2D eigenvalue weighted by atomic mass is 10.2. The summed E-state index contributed by atoms with van der Waals surface area (Å²) >= 11 is 7.33. The van der Waals surface area contributed by atoms with Crippen LogP contribution >= 0.6 is 22.9 Å². The third kappa shape index (κ3) is 3.21. The Morgan fingerprint density at radius 1 is 1.44 bits per heavy atom. The van der Waals surface area contributed by atoms with E-state index in [1.807, 2.05) is 5.38 Å². The van der Waals surface area contributed by atoms with Crippen LogP contribution < -0.4 is 11.1 Å². The van der Waals surface area contributed by atoms with Gasteiger partial charge in [0.15, 0.2) is 5.13 Å². The number of halogens is 1. The molecular weight excluding hydrogens is 270 g/mol. The molecule has 0 aliphatic carbocycles. The number of aromatic nitrogens is 1. The van der Waals surface area contributed by atoms with Gasteiger partial charge < -0.3 is 11.1 Å². The Hall–Kier alpha value is -1.59. The van der Waals surface area contributed by atoms with E-state index in [-0.39, 0.29) is 5.91 Å². The molecular formula is C12H12ClN3OS. The molecule has 18 heavy (non-hydrogen) atoms. The third-order valence-electron chi connectivity index (χ3n) is 2.35. The third-order valence-corrected chi connectivity index (χ3v) is 3.41. The van der Waals surface area contributed by atoms with E-state index in [1.165, 1.54) is 11.3 Å². The Morgan fingerprint density at radius 3 is 2.89 bits per heavy atom. The molecule has 1 amide bonds. The van der Waals surface area contributed by atoms with Crippen molar-refractivity contribution >= 4 is 34.0 Å². The van der Waals surface area contributed by atoms with Crippen LogP contribution in [0.1, 0.15) is 16.1 Å². The summed E-state index contributed by atoms with van der Waals surface area (Å²) in [5.41, 5.74) is 6.89. The molecule has 0 saturated carbocycles. The number of hydrogen-bond acceptors (Lipinski definition) is 4. The zero-order valence-corrected chi connectivity index (χ0v) is 11.1. The number of thiazole rings is 1. The molecule has 3 N–H and O–H groups in total. The first kappa shape index (κ1) is 12.9. The van der Waals surface area contributed by atoms with Gasteiger partial charge >= 0.3 is 0 Å². The van der Waals surface area contributed by atoms with Gasteiger partial charge in [-0.2, -0.15) is 0 Å². The van der Waals surface area contributed by atoms with Crippen LogP contribution in [0.4, 0.5) is 5.13 Å². The summed E-state index contributed by atoms with van der Waals surface area (Å²) in [6.07, 6.45) is 0.657. The smallest absolute Gasteiger partial charge is 0.252 e. The molecule has 1 aromatic heterocycles. The monoisotopic (exact) mass is 281 g/mol. The largest absolute Gasteiger partial charge is 0.375 e. The van der Waals surface area contributed by atoms with E-state index in [2.05, 4.69) is 10.3 Å². The van der Waals surface area contributed by atoms with Crippen LogP contribution in [0, 0.1) is 0 Å². The van der Waals surface area contributed by atoms with Gasteiger partial charge in [0.25, 0.3) is 5.91 Å². The Bertz CT molecular complexity index is 556. The molecule has 2 rings (SSSR count). The van der Waals surface area contributed by atoms with Crippen LogP contribution in [0.5, 0.6) is 0 Å². The molecule has 6 heteroatoms. The van der Waals surface area contributed by atoms with Crippen molar-refractivity contribution in [1.29, 1.82) is 0 Å². The fourth-order valence-corrected chi connectivity index (χ4v) is 2.30. The molecule has 2 aromatic rings. The average Bonchev–Trinajstić information content (AvgIpc) is 2.75. The zero-order chi connectivity index (χ0) is 13.0. The highest BCUT2D eigenvalue weighted by Gasteiger charge is 2.08. The van der Waals surface area contributed by atoms with Gasteiger partial charge in [0.1, 0.15) is 0 Å². The van der Waals surface area contributed by atoms with Gasteiger partial charge in [0.05, 0.1) is 16.3 Å². The quantitative estimate of drug-likeness (QED) is 0.904. The maximum atomic E-state index is 11.8. The van der Waals surface area contributed by atoms with E-state index in [9.17, 15) is 4.79 Å². The maximum absolute atomic E-state index is 11.8. The number of hydrogen-bond donors (Lipinski definition) is 2. The van der Waals surface area contributed by atoms with Gasteiger partial charge in [-0.25, -0.2) is 4.98 Å². The van der Waals surface area contributed by atoms with Crippen LogP contribution in [0.15, 0.2) is 29.6 Å². The molecule has 0 aliphatic heterocycles. The molecule has 0 radical (unpaired) electrons. The number of benzene rings is 1. The molecule has 1 heterocycles. The Labute approximate surface area is 114 Å². The second kappa shape index (κ2) is 5.84. The maximum Gasteiger partial charge on any atom is 0.252 e. The highest BCUT2D eigenvalue weighted by molar-refractivity contribution is 7.13. The van der Waals surface area contributed by atoms with Gasteiger partial charge in [-0.1, -0.05) is 23.7 Å². The van der Waals surface area contributed by atoms with Crippen molar-refractivity contribution in [3.05, 3.63) is 45.9 Å². The number of nitrogens with zero attached hydrogens (tertiary/aromatic N) is 1. The highest BCUT2D eigenvalue weighted by atomic mass is 35.5. The Balaban J connectivity index is 1.87. The summed E-state index contributed by atoms with van der Waals surface area (Å²) in [6.45, 7) is 0.507. The molecule has 0 fully saturated rings. The Kier molecular flexibility index (Phi) is 4.17. The van der Waals surface area contributed by atoms with Gasteiger partial charge in [-0.15, -0.1) is 11.3 Å². The van der Waals surface area contributed by atoms with Crippen molar-refractivity contribution in [2.75, 3.05) is 12.3 Å². The van der Waals surface area contributed by atoms with E-state index in [0.29, 0.717) is 28.7 Å².